The lowest BCUT2D eigenvalue weighted by Crippen LogP contribution is -2.31. The van der Waals surface area contributed by atoms with E-state index < -0.39 is 6.04 Å². The SMILES string of the molecule is COc1cc([C@@H]2c3c(oc4ccccc4c3=O)C(=O)N2CCCO)ccc1OCc1ccccc1. The lowest BCUT2D eigenvalue weighted by molar-refractivity contribution is 0.0716. The van der Waals surface area contributed by atoms with Crippen LogP contribution in [0.3, 0.4) is 0 Å². The number of rotatable bonds is 8. The molecule has 0 bridgehead atoms. The number of methoxy groups -OCH3 is 1. The molecule has 0 saturated carbocycles. The maximum atomic E-state index is 13.5. The average Bonchev–Trinajstić information content (AvgIpc) is 3.18. The Morgan fingerprint density at radius 1 is 0.971 bits per heavy atom. The zero-order chi connectivity index (χ0) is 24.4. The average molecular weight is 472 g/mol. The van der Waals surface area contributed by atoms with Crippen LogP contribution in [0.25, 0.3) is 11.0 Å². The Morgan fingerprint density at radius 3 is 2.51 bits per heavy atom. The molecule has 7 nitrogen and oxygen atoms in total. The van der Waals surface area contributed by atoms with E-state index in [9.17, 15) is 14.7 Å². The van der Waals surface area contributed by atoms with Gasteiger partial charge in [-0.15, -0.1) is 0 Å². The quantitative estimate of drug-likeness (QED) is 0.412. The van der Waals surface area contributed by atoms with Gasteiger partial charge in [0.2, 0.25) is 5.76 Å². The van der Waals surface area contributed by atoms with E-state index in [1.54, 1.807) is 48.4 Å². The van der Waals surface area contributed by atoms with Crippen LogP contribution in [0, 0.1) is 0 Å². The predicted octanol–water partition coefficient (Wildman–Crippen LogP) is 4.31. The minimum Gasteiger partial charge on any atom is -0.493 e. The third-order valence-electron chi connectivity index (χ3n) is 6.17. The van der Waals surface area contributed by atoms with Gasteiger partial charge in [0.25, 0.3) is 5.91 Å². The number of para-hydroxylation sites is 1. The number of hydrogen-bond donors (Lipinski definition) is 1. The molecule has 178 valence electrons. The van der Waals surface area contributed by atoms with Crippen molar-refractivity contribution < 1.29 is 23.8 Å². The summed E-state index contributed by atoms with van der Waals surface area (Å²) in [6.45, 7) is 0.569. The smallest absolute Gasteiger partial charge is 0.290 e. The number of amides is 1. The number of ether oxygens (including phenoxy) is 2. The van der Waals surface area contributed by atoms with Crippen molar-refractivity contribution in [2.45, 2.75) is 19.1 Å². The van der Waals surface area contributed by atoms with E-state index >= 15 is 0 Å². The Kier molecular flexibility index (Phi) is 6.25. The van der Waals surface area contributed by atoms with E-state index in [4.69, 9.17) is 13.9 Å². The van der Waals surface area contributed by atoms with Crippen LogP contribution in [0.5, 0.6) is 11.5 Å². The van der Waals surface area contributed by atoms with Crippen LogP contribution in [0.15, 0.2) is 82.0 Å². The second-order valence-electron chi connectivity index (χ2n) is 8.33. The highest BCUT2D eigenvalue weighted by Crippen LogP contribution is 2.41. The minimum absolute atomic E-state index is 0.0417. The molecule has 35 heavy (non-hydrogen) atoms. The highest BCUT2D eigenvalue weighted by Gasteiger charge is 2.42. The molecule has 1 atom stereocenters. The van der Waals surface area contributed by atoms with Gasteiger partial charge in [0.15, 0.2) is 16.9 Å². The van der Waals surface area contributed by atoms with Crippen molar-refractivity contribution in [1.29, 1.82) is 0 Å². The van der Waals surface area contributed by atoms with Crippen LogP contribution in [-0.4, -0.2) is 36.2 Å². The predicted molar refractivity (Wildman–Crippen MR) is 131 cm³/mol. The van der Waals surface area contributed by atoms with Crippen molar-refractivity contribution >= 4 is 16.9 Å². The Balaban J connectivity index is 1.57. The summed E-state index contributed by atoms with van der Waals surface area (Å²) in [5.41, 5.74) is 2.14. The van der Waals surface area contributed by atoms with Crippen LogP contribution >= 0.6 is 0 Å². The molecule has 2 heterocycles. The molecular weight excluding hydrogens is 446 g/mol. The zero-order valence-electron chi connectivity index (χ0n) is 19.3. The molecule has 0 aliphatic carbocycles. The van der Waals surface area contributed by atoms with Gasteiger partial charge in [0.1, 0.15) is 12.2 Å². The molecule has 0 fully saturated rings. The normalized spacial score (nSPS) is 14.9. The third kappa shape index (κ3) is 4.15. The van der Waals surface area contributed by atoms with Crippen LogP contribution in [0.4, 0.5) is 0 Å². The zero-order valence-corrected chi connectivity index (χ0v) is 19.3. The molecule has 0 saturated heterocycles. The van der Waals surface area contributed by atoms with Crippen molar-refractivity contribution in [2.75, 3.05) is 20.3 Å². The van der Waals surface area contributed by atoms with E-state index in [0.717, 1.165) is 5.56 Å². The van der Waals surface area contributed by atoms with Crippen LogP contribution in [0.2, 0.25) is 0 Å². The van der Waals surface area contributed by atoms with Crippen molar-refractivity contribution in [2.24, 2.45) is 0 Å². The van der Waals surface area contributed by atoms with Crippen LogP contribution < -0.4 is 14.9 Å². The Morgan fingerprint density at radius 2 is 1.74 bits per heavy atom. The number of nitrogens with zero attached hydrogens (tertiary/aromatic N) is 1. The second kappa shape index (κ2) is 9.64. The molecule has 1 amide bonds. The van der Waals surface area contributed by atoms with Crippen molar-refractivity contribution in [1.82, 2.24) is 4.90 Å². The van der Waals surface area contributed by atoms with Crippen LogP contribution in [-0.2, 0) is 6.61 Å². The molecule has 3 aromatic carbocycles. The molecule has 1 aromatic heterocycles. The second-order valence-corrected chi connectivity index (χ2v) is 8.33. The summed E-state index contributed by atoms with van der Waals surface area (Å²) < 4.78 is 17.5. The molecule has 0 spiro atoms. The minimum atomic E-state index is -0.665. The fourth-order valence-corrected chi connectivity index (χ4v) is 4.49. The first kappa shape index (κ1) is 22.7. The summed E-state index contributed by atoms with van der Waals surface area (Å²) in [7, 11) is 1.55. The van der Waals surface area contributed by atoms with Crippen molar-refractivity contribution in [3.05, 3.63) is 105 Å². The molecule has 1 aliphatic rings. The van der Waals surface area contributed by atoms with E-state index in [0.29, 0.717) is 46.6 Å². The van der Waals surface area contributed by atoms with Gasteiger partial charge in [-0.05, 0) is 41.8 Å². The first-order valence-corrected chi connectivity index (χ1v) is 11.4. The maximum absolute atomic E-state index is 13.5. The summed E-state index contributed by atoms with van der Waals surface area (Å²) in [6, 6.07) is 21.4. The Bertz CT molecular complexity index is 1430. The Hall–Kier alpha value is -4.10. The number of aliphatic hydroxyl groups is 1. The highest BCUT2D eigenvalue weighted by atomic mass is 16.5. The van der Waals surface area contributed by atoms with Crippen LogP contribution in [0.1, 0.15) is 39.7 Å². The summed E-state index contributed by atoms with van der Waals surface area (Å²) in [5, 5.41) is 9.83. The summed E-state index contributed by atoms with van der Waals surface area (Å²) in [6.07, 6.45) is 0.374. The summed E-state index contributed by atoms with van der Waals surface area (Å²) in [5.74, 6) is 0.716. The van der Waals surface area contributed by atoms with Gasteiger partial charge in [-0.1, -0.05) is 48.5 Å². The topological polar surface area (TPSA) is 89.2 Å². The van der Waals surface area contributed by atoms with Gasteiger partial charge in [-0.25, -0.2) is 0 Å². The van der Waals surface area contributed by atoms with Gasteiger partial charge < -0.3 is 23.9 Å². The Labute approximate surface area is 202 Å². The molecule has 4 aromatic rings. The standard InChI is InChI=1S/C28H25NO6/c1-33-23-16-19(12-13-22(23)34-17-18-8-3-2-4-9-18)25-24-26(31)20-10-5-6-11-21(20)35-27(24)28(32)29(25)14-7-15-30/h2-6,8-13,16,25,30H,7,14-15,17H2,1H3/t25-/m1/s1. The lowest BCUT2D eigenvalue weighted by atomic mass is 9.98. The van der Waals surface area contributed by atoms with Crippen molar-refractivity contribution in [3.8, 4) is 11.5 Å². The number of carbonyl (C=O) groups is 1. The first-order chi connectivity index (χ1) is 17.1. The molecular formula is C28H25NO6. The lowest BCUT2D eigenvalue weighted by Gasteiger charge is -2.25. The van der Waals surface area contributed by atoms with Gasteiger partial charge in [-0.2, -0.15) is 0 Å². The van der Waals surface area contributed by atoms with Gasteiger partial charge in [0.05, 0.1) is 24.1 Å². The number of benzene rings is 3. The monoisotopic (exact) mass is 471 g/mol. The number of hydrogen-bond acceptors (Lipinski definition) is 6. The fraction of sp³-hybridized carbons (Fsp3) is 0.214. The first-order valence-electron chi connectivity index (χ1n) is 11.4. The number of carbonyl (C=O) groups excluding carboxylic acids is 1. The van der Waals surface area contributed by atoms with E-state index in [1.807, 2.05) is 36.4 Å². The molecule has 1 N–H and O–H groups in total. The van der Waals surface area contributed by atoms with Gasteiger partial charge in [-0.3, -0.25) is 9.59 Å². The summed E-state index contributed by atoms with van der Waals surface area (Å²) >= 11 is 0. The summed E-state index contributed by atoms with van der Waals surface area (Å²) in [4.78, 5) is 28.4. The maximum Gasteiger partial charge on any atom is 0.290 e. The van der Waals surface area contributed by atoms with E-state index in [2.05, 4.69) is 0 Å². The third-order valence-corrected chi connectivity index (χ3v) is 6.17. The van der Waals surface area contributed by atoms with E-state index in [1.165, 1.54) is 0 Å². The largest absolute Gasteiger partial charge is 0.493 e. The van der Waals surface area contributed by atoms with Gasteiger partial charge >= 0.3 is 0 Å². The highest BCUT2D eigenvalue weighted by molar-refractivity contribution is 5.99. The van der Waals surface area contributed by atoms with Gasteiger partial charge in [0, 0.05) is 13.2 Å². The van der Waals surface area contributed by atoms with Crippen molar-refractivity contribution in [3.63, 3.8) is 0 Å². The molecule has 0 unspecified atom stereocenters. The molecule has 0 radical (unpaired) electrons. The molecule has 5 rings (SSSR count). The number of fused-ring (bicyclic) bond motifs is 2. The number of aliphatic hydroxyl groups excluding tert-OH is 1. The molecule has 1 aliphatic heterocycles. The van der Waals surface area contributed by atoms with E-state index in [-0.39, 0.29) is 30.2 Å². The molecule has 7 heteroatoms. The fourth-order valence-electron chi connectivity index (χ4n) is 4.49.